The van der Waals surface area contributed by atoms with E-state index in [4.69, 9.17) is 5.11 Å². The summed E-state index contributed by atoms with van der Waals surface area (Å²) < 4.78 is 1.53. The average molecular weight is 217 g/mol. The molecule has 82 valence electrons. The molecule has 0 bridgehead atoms. The third-order valence-electron chi connectivity index (χ3n) is 2.71. The van der Waals surface area contributed by atoms with E-state index in [1.165, 1.54) is 4.57 Å². The number of fused-ring (bicyclic) bond motifs is 1. The molecule has 1 N–H and O–H groups in total. The van der Waals surface area contributed by atoms with Crippen molar-refractivity contribution in [2.24, 2.45) is 7.05 Å². The first kappa shape index (κ1) is 10.4. The number of benzene rings is 1. The Morgan fingerprint density at radius 1 is 1.44 bits per heavy atom. The third kappa shape index (κ3) is 1.31. The number of carboxylic acids is 1. The lowest BCUT2D eigenvalue weighted by Crippen LogP contribution is -2.06. The molecule has 1 aromatic heterocycles. The Hall–Kier alpha value is -2.10. The molecule has 0 atom stereocenters. The molecule has 0 saturated heterocycles. The van der Waals surface area contributed by atoms with Gasteiger partial charge in [-0.2, -0.15) is 0 Å². The lowest BCUT2D eigenvalue weighted by molar-refractivity contribution is 0.0684. The molecule has 0 unspecified atom stereocenters. The van der Waals surface area contributed by atoms with E-state index in [9.17, 15) is 9.59 Å². The van der Waals surface area contributed by atoms with E-state index in [1.54, 1.807) is 7.05 Å². The highest BCUT2D eigenvalue weighted by Crippen LogP contribution is 2.25. The van der Waals surface area contributed by atoms with Crippen LogP contribution in [-0.4, -0.2) is 21.9 Å². The van der Waals surface area contributed by atoms with Crippen LogP contribution in [0.1, 0.15) is 26.4 Å². The quantitative estimate of drug-likeness (QED) is 0.782. The number of hydrogen-bond donors (Lipinski definition) is 1. The van der Waals surface area contributed by atoms with Crippen molar-refractivity contribution in [1.82, 2.24) is 4.57 Å². The van der Waals surface area contributed by atoms with E-state index in [0.717, 1.165) is 11.1 Å². The van der Waals surface area contributed by atoms with E-state index >= 15 is 0 Å². The van der Waals surface area contributed by atoms with Crippen LogP contribution in [0.4, 0.5) is 0 Å². The first-order chi connectivity index (χ1) is 7.56. The van der Waals surface area contributed by atoms with Crippen LogP contribution >= 0.6 is 0 Å². The van der Waals surface area contributed by atoms with Crippen molar-refractivity contribution >= 4 is 23.2 Å². The molecule has 0 aliphatic heterocycles. The van der Waals surface area contributed by atoms with E-state index in [2.05, 4.69) is 0 Å². The van der Waals surface area contributed by atoms with Gasteiger partial charge in [0.05, 0.1) is 5.56 Å². The summed E-state index contributed by atoms with van der Waals surface area (Å²) in [6, 6.07) is 5.54. The van der Waals surface area contributed by atoms with Crippen LogP contribution in [0.3, 0.4) is 0 Å². The molecule has 0 spiro atoms. The number of aldehydes is 1. The van der Waals surface area contributed by atoms with Gasteiger partial charge in [-0.25, -0.2) is 4.79 Å². The fraction of sp³-hybridized carbons (Fsp3) is 0.167. The van der Waals surface area contributed by atoms with Gasteiger partial charge in [0.1, 0.15) is 5.69 Å². The highest BCUT2D eigenvalue weighted by atomic mass is 16.4. The number of carbonyl (C=O) groups excluding carboxylic acids is 1. The molecule has 4 nitrogen and oxygen atoms in total. The summed E-state index contributed by atoms with van der Waals surface area (Å²) in [4.78, 5) is 22.1. The predicted octanol–water partition coefficient (Wildman–Crippen LogP) is 2.00. The van der Waals surface area contributed by atoms with Gasteiger partial charge < -0.3 is 9.67 Å². The zero-order valence-electron chi connectivity index (χ0n) is 9.02. The zero-order chi connectivity index (χ0) is 11.9. The standard InChI is InChI=1S/C12H11NO3/c1-7-3-4-10-8(5-7)9(6-14)11(12(15)16)13(10)2/h3-6H,1-2H3,(H,15,16). The smallest absolute Gasteiger partial charge is 0.353 e. The summed E-state index contributed by atoms with van der Waals surface area (Å²) in [5, 5.41) is 9.76. The molecule has 0 aliphatic carbocycles. The van der Waals surface area contributed by atoms with Gasteiger partial charge in [-0.3, -0.25) is 4.79 Å². The van der Waals surface area contributed by atoms with Crippen LogP contribution in [0.5, 0.6) is 0 Å². The van der Waals surface area contributed by atoms with Crippen molar-refractivity contribution in [2.75, 3.05) is 0 Å². The Morgan fingerprint density at radius 3 is 2.69 bits per heavy atom. The second kappa shape index (κ2) is 3.48. The Bertz CT molecular complexity index is 596. The minimum Gasteiger partial charge on any atom is -0.477 e. The van der Waals surface area contributed by atoms with E-state index in [-0.39, 0.29) is 11.3 Å². The molecule has 16 heavy (non-hydrogen) atoms. The first-order valence-electron chi connectivity index (χ1n) is 4.83. The van der Waals surface area contributed by atoms with Crippen molar-refractivity contribution in [1.29, 1.82) is 0 Å². The van der Waals surface area contributed by atoms with Crippen molar-refractivity contribution in [3.63, 3.8) is 0 Å². The zero-order valence-corrected chi connectivity index (χ0v) is 9.02. The minimum atomic E-state index is -1.08. The van der Waals surface area contributed by atoms with Gasteiger partial charge in [-0.05, 0) is 19.1 Å². The number of carboxylic acid groups (broad SMARTS) is 1. The summed E-state index contributed by atoms with van der Waals surface area (Å²) >= 11 is 0. The molecular formula is C12H11NO3. The summed E-state index contributed by atoms with van der Waals surface area (Å²) in [5.41, 5.74) is 2.03. The highest BCUT2D eigenvalue weighted by Gasteiger charge is 2.19. The van der Waals surface area contributed by atoms with Crippen LogP contribution in [0, 0.1) is 6.92 Å². The Kier molecular flexibility index (Phi) is 2.27. The maximum absolute atomic E-state index is 11.1. The van der Waals surface area contributed by atoms with Gasteiger partial charge in [-0.15, -0.1) is 0 Å². The van der Waals surface area contributed by atoms with Crippen LogP contribution in [0.15, 0.2) is 18.2 Å². The van der Waals surface area contributed by atoms with Crippen molar-refractivity contribution < 1.29 is 14.7 Å². The number of hydrogen-bond acceptors (Lipinski definition) is 2. The lowest BCUT2D eigenvalue weighted by Gasteiger charge is -1.98. The predicted molar refractivity (Wildman–Crippen MR) is 60.0 cm³/mol. The molecule has 0 radical (unpaired) electrons. The second-order valence-corrected chi connectivity index (χ2v) is 3.76. The molecule has 0 saturated carbocycles. The van der Waals surface area contributed by atoms with Crippen LogP contribution in [0.2, 0.25) is 0 Å². The second-order valence-electron chi connectivity index (χ2n) is 3.76. The first-order valence-corrected chi connectivity index (χ1v) is 4.83. The molecule has 1 aromatic carbocycles. The van der Waals surface area contributed by atoms with E-state index < -0.39 is 5.97 Å². The maximum Gasteiger partial charge on any atom is 0.353 e. The Labute approximate surface area is 92.1 Å². The molecule has 2 rings (SSSR count). The third-order valence-corrected chi connectivity index (χ3v) is 2.71. The largest absolute Gasteiger partial charge is 0.477 e. The van der Waals surface area contributed by atoms with Gasteiger partial charge >= 0.3 is 5.97 Å². The summed E-state index contributed by atoms with van der Waals surface area (Å²) in [6.07, 6.45) is 0.602. The minimum absolute atomic E-state index is 0.0376. The summed E-state index contributed by atoms with van der Waals surface area (Å²) in [7, 11) is 1.65. The number of aryl methyl sites for hydroxylation is 2. The van der Waals surface area contributed by atoms with Gasteiger partial charge in [0, 0.05) is 18.0 Å². The van der Waals surface area contributed by atoms with Crippen molar-refractivity contribution in [3.8, 4) is 0 Å². The molecule has 0 fully saturated rings. The van der Waals surface area contributed by atoms with Gasteiger partial charge in [-0.1, -0.05) is 11.6 Å². The Balaban J connectivity index is 2.96. The maximum atomic E-state index is 11.1. The van der Waals surface area contributed by atoms with Crippen LogP contribution < -0.4 is 0 Å². The van der Waals surface area contributed by atoms with Crippen LogP contribution in [-0.2, 0) is 7.05 Å². The molecule has 1 heterocycles. The fourth-order valence-electron chi connectivity index (χ4n) is 1.96. The molecule has 2 aromatic rings. The summed E-state index contributed by atoms with van der Waals surface area (Å²) in [5.74, 6) is -1.08. The van der Waals surface area contributed by atoms with E-state index in [0.29, 0.717) is 11.7 Å². The average Bonchev–Trinajstić information content (AvgIpc) is 2.50. The van der Waals surface area contributed by atoms with Gasteiger partial charge in [0.25, 0.3) is 0 Å². The molecular weight excluding hydrogens is 206 g/mol. The number of nitrogens with zero attached hydrogens (tertiary/aromatic N) is 1. The summed E-state index contributed by atoms with van der Waals surface area (Å²) in [6.45, 7) is 1.90. The molecule has 0 amide bonds. The van der Waals surface area contributed by atoms with Crippen molar-refractivity contribution in [2.45, 2.75) is 6.92 Å². The lowest BCUT2D eigenvalue weighted by atomic mass is 10.1. The number of aromatic carboxylic acids is 1. The number of aromatic nitrogens is 1. The van der Waals surface area contributed by atoms with E-state index in [1.807, 2.05) is 25.1 Å². The fourth-order valence-corrected chi connectivity index (χ4v) is 1.96. The van der Waals surface area contributed by atoms with Gasteiger partial charge in [0.2, 0.25) is 0 Å². The number of carbonyl (C=O) groups is 2. The SMILES string of the molecule is Cc1ccc2c(c1)c(C=O)c(C(=O)O)n2C. The normalized spacial score (nSPS) is 10.6. The number of rotatable bonds is 2. The van der Waals surface area contributed by atoms with Crippen LogP contribution in [0.25, 0.3) is 10.9 Å². The van der Waals surface area contributed by atoms with Crippen molar-refractivity contribution in [3.05, 3.63) is 35.0 Å². The van der Waals surface area contributed by atoms with Gasteiger partial charge in [0.15, 0.2) is 6.29 Å². The highest BCUT2D eigenvalue weighted by molar-refractivity contribution is 6.08. The Morgan fingerprint density at radius 2 is 2.12 bits per heavy atom. The molecule has 0 aliphatic rings. The molecule has 4 heteroatoms. The topological polar surface area (TPSA) is 59.3 Å². The monoisotopic (exact) mass is 217 g/mol.